The average molecular weight is 312 g/mol. The van der Waals surface area contributed by atoms with Crippen LogP contribution in [0.25, 0.3) is 5.82 Å². The van der Waals surface area contributed by atoms with Crippen LogP contribution < -0.4 is 5.73 Å². The summed E-state index contributed by atoms with van der Waals surface area (Å²) in [6.45, 7) is 3.22. The van der Waals surface area contributed by atoms with E-state index in [1.165, 1.54) is 10.9 Å². The van der Waals surface area contributed by atoms with Crippen molar-refractivity contribution in [2.75, 3.05) is 5.73 Å². The van der Waals surface area contributed by atoms with Crippen molar-refractivity contribution in [2.24, 2.45) is 0 Å². The molecule has 18 heavy (non-hydrogen) atoms. The Morgan fingerprint density at radius 2 is 2.17 bits per heavy atom. The van der Waals surface area contributed by atoms with E-state index in [0.29, 0.717) is 27.4 Å². The molecule has 2 N–H and O–H groups in total. The molecule has 0 amide bonds. The van der Waals surface area contributed by atoms with Gasteiger partial charge in [-0.3, -0.25) is 10.1 Å². The smallest absolute Gasteiger partial charge is 0.313 e. The number of nitrogens with two attached hydrogens (primary N) is 1. The third-order valence-electron chi connectivity index (χ3n) is 2.48. The molecule has 0 aliphatic heterocycles. The summed E-state index contributed by atoms with van der Waals surface area (Å²) >= 11 is 3.32. The molecule has 0 spiro atoms. The van der Waals surface area contributed by atoms with E-state index in [1.807, 2.05) is 0 Å². The first-order valence-corrected chi connectivity index (χ1v) is 5.83. The fourth-order valence-corrected chi connectivity index (χ4v) is 2.24. The van der Waals surface area contributed by atoms with Gasteiger partial charge in [-0.05, 0) is 35.8 Å². The van der Waals surface area contributed by atoms with E-state index in [2.05, 4.69) is 26.0 Å². The molecule has 0 atom stereocenters. The molecule has 2 rings (SSSR count). The van der Waals surface area contributed by atoms with Crippen LogP contribution in [0.5, 0.6) is 0 Å². The Kier molecular flexibility index (Phi) is 3.04. The van der Waals surface area contributed by atoms with Crippen LogP contribution in [0, 0.1) is 24.0 Å². The van der Waals surface area contributed by atoms with Crippen molar-refractivity contribution in [3.63, 3.8) is 0 Å². The highest BCUT2D eigenvalue weighted by Crippen LogP contribution is 2.27. The molecule has 0 fully saturated rings. The number of anilines is 1. The van der Waals surface area contributed by atoms with Gasteiger partial charge >= 0.3 is 5.69 Å². The fraction of sp³-hybridized carbons (Fsp3) is 0.200. The summed E-state index contributed by atoms with van der Waals surface area (Å²) in [7, 11) is 0. The number of hydrogen-bond acceptors (Lipinski definition) is 5. The third kappa shape index (κ3) is 1.94. The first-order valence-electron chi connectivity index (χ1n) is 5.04. The van der Waals surface area contributed by atoms with Crippen molar-refractivity contribution in [1.82, 2.24) is 14.8 Å². The minimum absolute atomic E-state index is 0.000486. The number of nitro groups is 1. The molecule has 0 aliphatic rings. The molecule has 0 saturated carbocycles. The number of nitrogen functional groups attached to an aromatic ring is 1. The zero-order valence-corrected chi connectivity index (χ0v) is 11.3. The number of rotatable bonds is 2. The van der Waals surface area contributed by atoms with Crippen LogP contribution in [0.1, 0.15) is 11.4 Å². The van der Waals surface area contributed by atoms with Crippen LogP contribution in [0.2, 0.25) is 0 Å². The molecular weight excluding hydrogens is 302 g/mol. The zero-order valence-electron chi connectivity index (χ0n) is 9.72. The molecule has 2 aromatic rings. The Labute approximate surface area is 111 Å². The second-order valence-corrected chi connectivity index (χ2v) is 4.62. The summed E-state index contributed by atoms with van der Waals surface area (Å²) in [5.74, 6) is 0.470. The van der Waals surface area contributed by atoms with Crippen molar-refractivity contribution in [2.45, 2.75) is 13.8 Å². The molecule has 0 radical (unpaired) electrons. The third-order valence-corrected chi connectivity index (χ3v) is 3.06. The SMILES string of the molecule is Cc1nn(-c2ncc(N)cc2Br)c(C)c1[N+](=O)[O-]. The van der Waals surface area contributed by atoms with Gasteiger partial charge in [-0.1, -0.05) is 0 Å². The van der Waals surface area contributed by atoms with Gasteiger partial charge in [0.25, 0.3) is 0 Å². The average Bonchev–Trinajstić information content (AvgIpc) is 2.54. The van der Waals surface area contributed by atoms with Gasteiger partial charge in [-0.25, -0.2) is 9.67 Å². The molecule has 0 saturated heterocycles. The standard InChI is InChI=1S/C10H10BrN5O2/c1-5-9(16(17)18)6(2)15(14-5)10-8(11)3-7(12)4-13-10/h3-4H,12H2,1-2H3. The van der Waals surface area contributed by atoms with Gasteiger partial charge in [-0.2, -0.15) is 5.10 Å². The lowest BCUT2D eigenvalue weighted by molar-refractivity contribution is -0.386. The minimum Gasteiger partial charge on any atom is -0.397 e. The quantitative estimate of drug-likeness (QED) is 0.676. The molecule has 7 nitrogen and oxygen atoms in total. The maximum atomic E-state index is 10.9. The highest BCUT2D eigenvalue weighted by molar-refractivity contribution is 9.10. The van der Waals surface area contributed by atoms with Crippen LogP contribution >= 0.6 is 15.9 Å². The monoisotopic (exact) mass is 311 g/mol. The maximum absolute atomic E-state index is 10.9. The minimum atomic E-state index is -0.445. The first kappa shape index (κ1) is 12.5. The van der Waals surface area contributed by atoms with Gasteiger partial charge in [-0.15, -0.1) is 0 Å². The lowest BCUT2D eigenvalue weighted by atomic mass is 10.3. The Hall–Kier alpha value is -1.96. The molecule has 94 valence electrons. The molecular formula is C10H10BrN5O2. The van der Waals surface area contributed by atoms with Crippen molar-refractivity contribution >= 4 is 27.3 Å². The van der Waals surface area contributed by atoms with E-state index in [1.54, 1.807) is 19.9 Å². The number of aryl methyl sites for hydroxylation is 1. The first-order chi connectivity index (χ1) is 8.41. The van der Waals surface area contributed by atoms with E-state index >= 15 is 0 Å². The van der Waals surface area contributed by atoms with Gasteiger partial charge < -0.3 is 5.73 Å². The van der Waals surface area contributed by atoms with E-state index in [9.17, 15) is 10.1 Å². The Balaban J connectivity index is 2.65. The summed E-state index contributed by atoms with van der Waals surface area (Å²) in [4.78, 5) is 14.6. The van der Waals surface area contributed by atoms with Gasteiger partial charge in [0.1, 0.15) is 11.4 Å². The van der Waals surface area contributed by atoms with Crippen molar-refractivity contribution in [3.05, 3.63) is 38.2 Å². The molecule has 2 heterocycles. The summed E-state index contributed by atoms with van der Waals surface area (Å²) in [5, 5.41) is 15.1. The van der Waals surface area contributed by atoms with Crippen LogP contribution in [0.4, 0.5) is 11.4 Å². The van der Waals surface area contributed by atoms with E-state index < -0.39 is 4.92 Å². The van der Waals surface area contributed by atoms with Gasteiger partial charge in [0.05, 0.1) is 21.3 Å². The predicted octanol–water partition coefficient (Wildman–Crippen LogP) is 2.14. The second-order valence-electron chi connectivity index (χ2n) is 3.76. The molecule has 2 aromatic heterocycles. The number of aromatic nitrogens is 3. The fourth-order valence-electron chi connectivity index (χ4n) is 1.71. The van der Waals surface area contributed by atoms with Gasteiger partial charge in [0.15, 0.2) is 5.82 Å². The number of halogens is 1. The van der Waals surface area contributed by atoms with Crippen LogP contribution in [-0.4, -0.2) is 19.7 Å². The highest BCUT2D eigenvalue weighted by atomic mass is 79.9. The number of hydrogen-bond donors (Lipinski definition) is 1. The zero-order chi connectivity index (χ0) is 13.4. The molecule has 0 unspecified atom stereocenters. The van der Waals surface area contributed by atoms with Crippen molar-refractivity contribution < 1.29 is 4.92 Å². The van der Waals surface area contributed by atoms with Crippen molar-refractivity contribution in [3.8, 4) is 5.82 Å². The summed E-state index contributed by atoms with van der Waals surface area (Å²) in [6, 6.07) is 1.67. The molecule has 0 bridgehead atoms. The van der Waals surface area contributed by atoms with Crippen LogP contribution in [0.15, 0.2) is 16.7 Å². The van der Waals surface area contributed by atoms with Crippen LogP contribution in [0.3, 0.4) is 0 Å². The van der Waals surface area contributed by atoms with E-state index in [4.69, 9.17) is 5.73 Å². The lowest BCUT2D eigenvalue weighted by Gasteiger charge is -2.05. The topological polar surface area (TPSA) is 99.9 Å². The maximum Gasteiger partial charge on any atom is 0.313 e. The molecule has 0 aliphatic carbocycles. The van der Waals surface area contributed by atoms with Gasteiger partial charge in [0, 0.05) is 0 Å². The normalized spacial score (nSPS) is 10.6. The van der Waals surface area contributed by atoms with E-state index in [-0.39, 0.29) is 5.69 Å². The second kappa shape index (κ2) is 4.37. The van der Waals surface area contributed by atoms with Crippen LogP contribution in [-0.2, 0) is 0 Å². The largest absolute Gasteiger partial charge is 0.397 e. The molecule has 0 aromatic carbocycles. The number of nitrogens with zero attached hydrogens (tertiary/aromatic N) is 4. The highest BCUT2D eigenvalue weighted by Gasteiger charge is 2.23. The van der Waals surface area contributed by atoms with E-state index in [0.717, 1.165) is 0 Å². The van der Waals surface area contributed by atoms with Crippen molar-refractivity contribution in [1.29, 1.82) is 0 Å². The predicted molar refractivity (Wildman–Crippen MR) is 69.6 cm³/mol. The summed E-state index contributed by atoms with van der Waals surface area (Å²) in [5.41, 5.74) is 6.87. The lowest BCUT2D eigenvalue weighted by Crippen LogP contribution is -2.04. The summed E-state index contributed by atoms with van der Waals surface area (Å²) < 4.78 is 2.06. The Morgan fingerprint density at radius 1 is 1.50 bits per heavy atom. The Bertz CT molecular complexity index is 637. The number of pyridine rings is 1. The van der Waals surface area contributed by atoms with Gasteiger partial charge in [0.2, 0.25) is 0 Å². The Morgan fingerprint density at radius 3 is 2.67 bits per heavy atom. The molecule has 8 heteroatoms. The summed E-state index contributed by atoms with van der Waals surface area (Å²) in [6.07, 6.45) is 1.47.